The van der Waals surface area contributed by atoms with Crippen LogP contribution in [-0.4, -0.2) is 47.9 Å². The Morgan fingerprint density at radius 3 is 2.74 bits per heavy atom. The van der Waals surface area contributed by atoms with Crippen molar-refractivity contribution in [2.75, 3.05) is 5.73 Å². The molecule has 9 nitrogen and oxygen atoms in total. The molecule has 0 aliphatic carbocycles. The van der Waals surface area contributed by atoms with Gasteiger partial charge in [0, 0.05) is 18.2 Å². The van der Waals surface area contributed by atoms with Gasteiger partial charge in [0.05, 0.1) is 35.5 Å². The minimum absolute atomic E-state index is 0.0367. The molecular formula is C18H16N6O3. The Labute approximate surface area is 153 Å². The summed E-state index contributed by atoms with van der Waals surface area (Å²) in [5.74, 6) is -1.52. The number of aliphatic carboxylic acids is 1. The van der Waals surface area contributed by atoms with Gasteiger partial charge < -0.3 is 20.7 Å². The molecular weight excluding hydrogens is 348 g/mol. The Morgan fingerprint density at radius 2 is 2.00 bits per heavy atom. The summed E-state index contributed by atoms with van der Waals surface area (Å²) in [7, 11) is 0. The normalized spacial score (nSPS) is 16.0. The molecule has 3 aromatic rings. The highest BCUT2D eigenvalue weighted by atomic mass is 16.4. The summed E-state index contributed by atoms with van der Waals surface area (Å²) in [6, 6.07) is 8.07. The van der Waals surface area contributed by atoms with Gasteiger partial charge in [-0.3, -0.25) is 4.79 Å². The zero-order chi connectivity index (χ0) is 19.0. The first-order valence-corrected chi connectivity index (χ1v) is 8.27. The average molecular weight is 364 g/mol. The van der Waals surface area contributed by atoms with Crippen molar-refractivity contribution in [2.24, 2.45) is 0 Å². The number of fused-ring (bicyclic) bond motifs is 1. The maximum Gasteiger partial charge on any atom is 0.326 e. The molecule has 3 heterocycles. The van der Waals surface area contributed by atoms with Crippen LogP contribution in [0.1, 0.15) is 21.7 Å². The predicted molar refractivity (Wildman–Crippen MR) is 95.5 cm³/mol. The molecule has 1 aliphatic heterocycles. The van der Waals surface area contributed by atoms with Crippen LogP contribution in [0.5, 0.6) is 0 Å². The van der Waals surface area contributed by atoms with E-state index in [0.717, 1.165) is 5.69 Å². The minimum atomic E-state index is -1.09. The maximum absolute atomic E-state index is 13.3. The number of carbonyl (C=O) groups is 2. The number of imidazole rings is 1. The average Bonchev–Trinajstić information content (AvgIpc) is 3.14. The summed E-state index contributed by atoms with van der Waals surface area (Å²) in [5, 5.41) is 9.61. The molecule has 0 bridgehead atoms. The highest BCUT2D eigenvalue weighted by Crippen LogP contribution is 2.27. The van der Waals surface area contributed by atoms with Crippen LogP contribution < -0.4 is 5.73 Å². The Balaban J connectivity index is 1.77. The standard InChI is InChI=1S/C18H16N6O3/c19-18-20-7-11(15(23-18)10-4-2-1-3-5-10)16(25)24-8-13-12(21-9-22-13)6-14(24)17(26)27/h1-5,7,9,14H,6,8H2,(H,21,22)(H,26,27)(H2,19,20,23)/t14-/m1/s1. The number of anilines is 1. The number of nitrogens with zero attached hydrogens (tertiary/aromatic N) is 4. The maximum atomic E-state index is 13.3. The molecule has 0 saturated heterocycles. The summed E-state index contributed by atoms with van der Waals surface area (Å²) in [6.45, 7) is 0.115. The third-order valence-corrected chi connectivity index (χ3v) is 4.53. The summed E-state index contributed by atoms with van der Waals surface area (Å²) >= 11 is 0. The number of H-pyrrole nitrogens is 1. The highest BCUT2D eigenvalue weighted by molar-refractivity contribution is 6.01. The molecule has 136 valence electrons. The van der Waals surface area contributed by atoms with Crippen LogP contribution in [0, 0.1) is 0 Å². The number of aromatic amines is 1. The SMILES string of the molecule is Nc1ncc(C(=O)N2Cc3[nH]cnc3C[C@@H]2C(=O)O)c(-c2ccccc2)n1. The van der Waals surface area contributed by atoms with E-state index in [0.29, 0.717) is 17.0 Å². The Hall–Kier alpha value is -3.75. The van der Waals surface area contributed by atoms with Crippen LogP contribution in [0.4, 0.5) is 5.95 Å². The van der Waals surface area contributed by atoms with E-state index in [2.05, 4.69) is 19.9 Å². The molecule has 1 aliphatic rings. The van der Waals surface area contributed by atoms with Gasteiger partial charge in [-0.25, -0.2) is 19.7 Å². The van der Waals surface area contributed by atoms with Crippen molar-refractivity contribution in [1.29, 1.82) is 0 Å². The molecule has 4 N–H and O–H groups in total. The van der Waals surface area contributed by atoms with Crippen molar-refractivity contribution in [3.05, 3.63) is 59.8 Å². The first-order valence-electron chi connectivity index (χ1n) is 8.27. The number of nitrogens with one attached hydrogen (secondary N) is 1. The van der Waals surface area contributed by atoms with Gasteiger partial charge in [-0.2, -0.15) is 0 Å². The van der Waals surface area contributed by atoms with E-state index in [-0.39, 0.29) is 24.5 Å². The molecule has 2 aromatic heterocycles. The van der Waals surface area contributed by atoms with Crippen LogP contribution in [0.3, 0.4) is 0 Å². The number of carboxylic acid groups (broad SMARTS) is 1. The van der Waals surface area contributed by atoms with Gasteiger partial charge in [0.2, 0.25) is 5.95 Å². The van der Waals surface area contributed by atoms with Crippen molar-refractivity contribution >= 4 is 17.8 Å². The zero-order valence-electron chi connectivity index (χ0n) is 14.2. The van der Waals surface area contributed by atoms with Gasteiger partial charge in [-0.1, -0.05) is 30.3 Å². The Bertz CT molecular complexity index is 1020. The molecule has 0 fully saturated rings. The quantitative estimate of drug-likeness (QED) is 0.632. The zero-order valence-corrected chi connectivity index (χ0v) is 14.2. The second-order valence-electron chi connectivity index (χ2n) is 6.18. The van der Waals surface area contributed by atoms with E-state index >= 15 is 0 Å². The van der Waals surface area contributed by atoms with Crippen LogP contribution in [-0.2, 0) is 17.8 Å². The number of hydrogen-bond donors (Lipinski definition) is 3. The topological polar surface area (TPSA) is 138 Å². The van der Waals surface area contributed by atoms with Crippen molar-refractivity contribution in [3.8, 4) is 11.3 Å². The fraction of sp³-hybridized carbons (Fsp3) is 0.167. The van der Waals surface area contributed by atoms with Gasteiger partial charge in [-0.05, 0) is 0 Å². The van der Waals surface area contributed by atoms with Crippen molar-refractivity contribution in [3.63, 3.8) is 0 Å². The summed E-state index contributed by atoms with van der Waals surface area (Å²) < 4.78 is 0. The third kappa shape index (κ3) is 2.99. The number of carbonyl (C=O) groups excluding carboxylic acids is 1. The highest BCUT2D eigenvalue weighted by Gasteiger charge is 2.37. The summed E-state index contributed by atoms with van der Waals surface area (Å²) in [4.78, 5) is 41.6. The smallest absolute Gasteiger partial charge is 0.326 e. The summed E-state index contributed by atoms with van der Waals surface area (Å²) in [6.07, 6.45) is 2.98. The van der Waals surface area contributed by atoms with Gasteiger partial charge in [0.15, 0.2) is 0 Å². The van der Waals surface area contributed by atoms with Crippen molar-refractivity contribution < 1.29 is 14.7 Å². The first kappa shape index (κ1) is 16.7. The molecule has 0 spiro atoms. The second kappa shape index (κ2) is 6.52. The molecule has 9 heteroatoms. The van der Waals surface area contributed by atoms with Crippen LogP contribution in [0.25, 0.3) is 11.3 Å². The number of carboxylic acids is 1. The number of amides is 1. The number of nitrogens with two attached hydrogens (primary N) is 1. The van der Waals surface area contributed by atoms with E-state index in [1.54, 1.807) is 12.1 Å². The lowest BCUT2D eigenvalue weighted by Crippen LogP contribution is -2.49. The molecule has 27 heavy (non-hydrogen) atoms. The molecule has 0 saturated carbocycles. The van der Waals surface area contributed by atoms with Crippen LogP contribution in [0.15, 0.2) is 42.9 Å². The van der Waals surface area contributed by atoms with Gasteiger partial charge in [-0.15, -0.1) is 0 Å². The first-order chi connectivity index (χ1) is 13.0. The molecule has 1 aromatic carbocycles. The van der Waals surface area contributed by atoms with Gasteiger partial charge in [0.25, 0.3) is 5.91 Å². The Morgan fingerprint density at radius 1 is 1.22 bits per heavy atom. The largest absolute Gasteiger partial charge is 0.480 e. The van der Waals surface area contributed by atoms with E-state index in [1.807, 2.05) is 18.2 Å². The lowest BCUT2D eigenvalue weighted by molar-refractivity contribution is -0.142. The number of hydrogen-bond acceptors (Lipinski definition) is 6. The van der Waals surface area contributed by atoms with E-state index in [9.17, 15) is 14.7 Å². The number of benzene rings is 1. The third-order valence-electron chi connectivity index (χ3n) is 4.53. The number of nitrogen functional groups attached to an aromatic ring is 1. The molecule has 0 unspecified atom stereocenters. The fourth-order valence-electron chi connectivity index (χ4n) is 3.19. The van der Waals surface area contributed by atoms with Crippen LogP contribution >= 0.6 is 0 Å². The number of rotatable bonds is 3. The lowest BCUT2D eigenvalue weighted by Gasteiger charge is -2.32. The van der Waals surface area contributed by atoms with Gasteiger partial charge >= 0.3 is 5.97 Å². The van der Waals surface area contributed by atoms with E-state index < -0.39 is 17.9 Å². The van der Waals surface area contributed by atoms with Crippen molar-refractivity contribution in [1.82, 2.24) is 24.8 Å². The molecule has 1 atom stereocenters. The fourth-order valence-corrected chi connectivity index (χ4v) is 3.19. The lowest BCUT2D eigenvalue weighted by atomic mass is 10.00. The molecule has 0 radical (unpaired) electrons. The van der Waals surface area contributed by atoms with E-state index in [1.165, 1.54) is 17.4 Å². The second-order valence-corrected chi connectivity index (χ2v) is 6.18. The van der Waals surface area contributed by atoms with Gasteiger partial charge in [0.1, 0.15) is 6.04 Å². The van der Waals surface area contributed by atoms with Crippen LogP contribution in [0.2, 0.25) is 0 Å². The minimum Gasteiger partial charge on any atom is -0.480 e. The summed E-state index contributed by atoms with van der Waals surface area (Å²) in [5.41, 5.74) is 8.35. The molecule has 1 amide bonds. The number of aromatic nitrogens is 4. The Kier molecular flexibility index (Phi) is 4.03. The van der Waals surface area contributed by atoms with Crippen molar-refractivity contribution in [2.45, 2.75) is 19.0 Å². The van der Waals surface area contributed by atoms with E-state index in [4.69, 9.17) is 5.73 Å². The monoisotopic (exact) mass is 364 g/mol. The molecule has 4 rings (SSSR count). The predicted octanol–water partition coefficient (Wildman–Crippen LogP) is 1.10.